The Labute approximate surface area is 177 Å². The first-order chi connectivity index (χ1) is 14.1. The quantitative estimate of drug-likeness (QED) is 0.693. The lowest BCUT2D eigenvalue weighted by Gasteiger charge is -2.35. The molecule has 5 nitrogen and oxygen atoms in total. The Hall–Kier alpha value is -2.24. The zero-order chi connectivity index (χ0) is 20.6. The van der Waals surface area contributed by atoms with Crippen molar-refractivity contribution in [3.8, 4) is 11.5 Å². The van der Waals surface area contributed by atoms with Gasteiger partial charge in [0, 0.05) is 6.54 Å². The number of carbonyl (C=O) groups is 1. The maximum atomic E-state index is 12.4. The Morgan fingerprint density at radius 3 is 2.55 bits per heavy atom. The van der Waals surface area contributed by atoms with Gasteiger partial charge >= 0.3 is 0 Å². The number of nitrogens with one attached hydrogen (secondary N) is 1. The van der Waals surface area contributed by atoms with Gasteiger partial charge in [0.1, 0.15) is 11.5 Å². The third-order valence-corrected chi connectivity index (χ3v) is 5.58. The summed E-state index contributed by atoms with van der Waals surface area (Å²) in [5.41, 5.74) is 2.21. The van der Waals surface area contributed by atoms with Crippen molar-refractivity contribution in [2.75, 3.05) is 33.4 Å². The van der Waals surface area contributed by atoms with Gasteiger partial charge in [-0.25, -0.2) is 0 Å². The highest BCUT2D eigenvalue weighted by atomic mass is 35.5. The van der Waals surface area contributed by atoms with Gasteiger partial charge in [-0.2, -0.15) is 0 Å². The molecule has 0 unspecified atom stereocenters. The second-order valence-electron chi connectivity index (χ2n) is 7.41. The molecular formula is C23H29ClN2O3. The standard InChI is InChI=1S/C23H29ClN2O3/c1-17-6-11-20(24)22(14-17)29-16-23(27)25-15-21(26-12-4-3-5-13-26)18-7-9-19(28-2)10-8-18/h6-11,14,21H,3-5,12-13,15-16H2,1-2H3,(H,25,27)/t21-/m1/s1. The van der Waals surface area contributed by atoms with E-state index in [2.05, 4.69) is 22.3 Å². The molecule has 0 saturated carbocycles. The number of amides is 1. The van der Waals surface area contributed by atoms with Crippen LogP contribution in [0.4, 0.5) is 0 Å². The molecule has 1 saturated heterocycles. The van der Waals surface area contributed by atoms with Crippen molar-refractivity contribution < 1.29 is 14.3 Å². The summed E-state index contributed by atoms with van der Waals surface area (Å²) < 4.78 is 10.9. The smallest absolute Gasteiger partial charge is 0.258 e. The lowest BCUT2D eigenvalue weighted by atomic mass is 10.0. The number of hydrogen-bond donors (Lipinski definition) is 1. The Morgan fingerprint density at radius 1 is 1.14 bits per heavy atom. The van der Waals surface area contributed by atoms with E-state index in [0.29, 0.717) is 17.3 Å². The van der Waals surface area contributed by atoms with Crippen LogP contribution in [0.25, 0.3) is 0 Å². The van der Waals surface area contributed by atoms with E-state index < -0.39 is 0 Å². The first-order valence-electron chi connectivity index (χ1n) is 10.1. The molecule has 0 spiro atoms. The topological polar surface area (TPSA) is 50.8 Å². The number of piperidine rings is 1. The fourth-order valence-corrected chi connectivity index (χ4v) is 3.81. The number of ether oxygens (including phenoxy) is 2. The number of benzene rings is 2. The number of aryl methyl sites for hydroxylation is 1. The molecule has 2 aromatic rings. The normalized spacial score (nSPS) is 15.6. The number of carbonyl (C=O) groups excluding carboxylic acids is 1. The fraction of sp³-hybridized carbons (Fsp3) is 0.435. The van der Waals surface area contributed by atoms with E-state index in [1.807, 2.05) is 31.2 Å². The average molecular weight is 417 g/mol. The number of halogens is 1. The number of methoxy groups -OCH3 is 1. The summed E-state index contributed by atoms with van der Waals surface area (Å²) in [4.78, 5) is 14.9. The molecule has 1 fully saturated rings. The number of rotatable bonds is 8. The highest BCUT2D eigenvalue weighted by molar-refractivity contribution is 6.32. The van der Waals surface area contributed by atoms with E-state index in [1.54, 1.807) is 13.2 Å². The minimum absolute atomic E-state index is 0.0570. The lowest BCUT2D eigenvalue weighted by molar-refractivity contribution is -0.123. The summed E-state index contributed by atoms with van der Waals surface area (Å²) in [6.45, 7) is 4.53. The van der Waals surface area contributed by atoms with Crippen molar-refractivity contribution in [2.45, 2.75) is 32.2 Å². The van der Waals surface area contributed by atoms with Crippen LogP contribution >= 0.6 is 11.6 Å². The van der Waals surface area contributed by atoms with Crippen LogP contribution in [-0.4, -0.2) is 44.2 Å². The minimum atomic E-state index is -0.155. The summed E-state index contributed by atoms with van der Waals surface area (Å²) in [6.07, 6.45) is 3.65. The van der Waals surface area contributed by atoms with Gasteiger partial charge < -0.3 is 14.8 Å². The second kappa shape index (κ2) is 10.5. The van der Waals surface area contributed by atoms with Gasteiger partial charge in [-0.05, 0) is 68.2 Å². The molecule has 1 N–H and O–H groups in total. The van der Waals surface area contributed by atoms with Gasteiger partial charge in [0.15, 0.2) is 6.61 Å². The van der Waals surface area contributed by atoms with E-state index in [0.717, 1.165) is 24.4 Å². The largest absolute Gasteiger partial charge is 0.497 e. The predicted octanol–water partition coefficient (Wildman–Crippen LogP) is 4.38. The Morgan fingerprint density at radius 2 is 1.86 bits per heavy atom. The molecule has 0 aliphatic carbocycles. The second-order valence-corrected chi connectivity index (χ2v) is 7.82. The average Bonchev–Trinajstić information content (AvgIpc) is 2.75. The molecule has 156 valence electrons. The fourth-order valence-electron chi connectivity index (χ4n) is 3.64. The molecule has 1 heterocycles. The molecule has 1 amide bonds. The lowest BCUT2D eigenvalue weighted by Crippen LogP contribution is -2.41. The van der Waals surface area contributed by atoms with Crippen LogP contribution in [0.5, 0.6) is 11.5 Å². The molecular weight excluding hydrogens is 388 g/mol. The molecule has 29 heavy (non-hydrogen) atoms. The zero-order valence-corrected chi connectivity index (χ0v) is 17.9. The molecule has 6 heteroatoms. The summed E-state index contributed by atoms with van der Waals surface area (Å²) in [5.74, 6) is 1.21. The predicted molar refractivity (Wildman–Crippen MR) is 116 cm³/mol. The van der Waals surface area contributed by atoms with E-state index in [4.69, 9.17) is 21.1 Å². The third-order valence-electron chi connectivity index (χ3n) is 5.27. The Bertz CT molecular complexity index is 804. The molecule has 0 aromatic heterocycles. The summed E-state index contributed by atoms with van der Waals surface area (Å²) in [5, 5.41) is 3.54. The molecule has 1 aliphatic rings. The maximum absolute atomic E-state index is 12.4. The first kappa shape index (κ1) is 21.5. The highest BCUT2D eigenvalue weighted by Gasteiger charge is 2.23. The van der Waals surface area contributed by atoms with Crippen LogP contribution in [-0.2, 0) is 4.79 Å². The summed E-state index contributed by atoms with van der Waals surface area (Å²) in [7, 11) is 1.66. The molecule has 2 aromatic carbocycles. The highest BCUT2D eigenvalue weighted by Crippen LogP contribution is 2.27. The summed E-state index contributed by atoms with van der Waals surface area (Å²) in [6, 6.07) is 13.7. The van der Waals surface area contributed by atoms with Crippen LogP contribution in [0.1, 0.15) is 36.4 Å². The Balaban J connectivity index is 1.61. The van der Waals surface area contributed by atoms with Crippen molar-refractivity contribution in [1.82, 2.24) is 10.2 Å². The number of hydrogen-bond acceptors (Lipinski definition) is 4. The van der Waals surface area contributed by atoms with Crippen LogP contribution in [0.2, 0.25) is 5.02 Å². The van der Waals surface area contributed by atoms with Crippen LogP contribution in [0.3, 0.4) is 0 Å². The van der Waals surface area contributed by atoms with Crippen molar-refractivity contribution in [1.29, 1.82) is 0 Å². The van der Waals surface area contributed by atoms with Gasteiger partial charge in [0.25, 0.3) is 5.91 Å². The molecule has 0 bridgehead atoms. The monoisotopic (exact) mass is 416 g/mol. The molecule has 1 aliphatic heterocycles. The summed E-state index contributed by atoms with van der Waals surface area (Å²) >= 11 is 6.14. The van der Waals surface area contributed by atoms with Crippen LogP contribution < -0.4 is 14.8 Å². The van der Waals surface area contributed by atoms with Gasteiger partial charge in [-0.15, -0.1) is 0 Å². The van der Waals surface area contributed by atoms with Gasteiger partial charge in [0.05, 0.1) is 18.2 Å². The van der Waals surface area contributed by atoms with E-state index in [9.17, 15) is 4.79 Å². The molecule has 1 atom stereocenters. The third kappa shape index (κ3) is 6.12. The minimum Gasteiger partial charge on any atom is -0.497 e. The van der Waals surface area contributed by atoms with Crippen molar-refractivity contribution >= 4 is 17.5 Å². The van der Waals surface area contributed by atoms with Gasteiger partial charge in [-0.3, -0.25) is 9.69 Å². The first-order valence-corrected chi connectivity index (χ1v) is 10.5. The Kier molecular flexibility index (Phi) is 7.78. The molecule has 3 rings (SSSR count). The maximum Gasteiger partial charge on any atom is 0.258 e. The SMILES string of the molecule is COc1ccc([C@@H](CNC(=O)COc2cc(C)ccc2Cl)N2CCCCC2)cc1. The van der Waals surface area contributed by atoms with Crippen molar-refractivity contribution in [3.05, 3.63) is 58.6 Å². The van der Waals surface area contributed by atoms with E-state index >= 15 is 0 Å². The van der Waals surface area contributed by atoms with E-state index in [1.165, 1.54) is 24.8 Å². The van der Waals surface area contributed by atoms with Crippen molar-refractivity contribution in [3.63, 3.8) is 0 Å². The number of nitrogens with zero attached hydrogens (tertiary/aromatic N) is 1. The van der Waals surface area contributed by atoms with Crippen LogP contribution in [0, 0.1) is 6.92 Å². The molecule has 0 radical (unpaired) electrons. The van der Waals surface area contributed by atoms with Gasteiger partial charge in [-0.1, -0.05) is 36.2 Å². The van der Waals surface area contributed by atoms with Crippen molar-refractivity contribution in [2.24, 2.45) is 0 Å². The number of likely N-dealkylation sites (tertiary alicyclic amines) is 1. The van der Waals surface area contributed by atoms with E-state index in [-0.39, 0.29) is 18.6 Å². The zero-order valence-electron chi connectivity index (χ0n) is 17.1. The van der Waals surface area contributed by atoms with Gasteiger partial charge in [0.2, 0.25) is 0 Å². The van der Waals surface area contributed by atoms with Crippen LogP contribution in [0.15, 0.2) is 42.5 Å².